The van der Waals surface area contributed by atoms with Gasteiger partial charge in [-0.05, 0) is 55.8 Å². The topological polar surface area (TPSA) is 81.7 Å². The van der Waals surface area contributed by atoms with E-state index in [9.17, 15) is 13.2 Å². The number of halogens is 1. The summed E-state index contributed by atoms with van der Waals surface area (Å²) >= 11 is 3.47. The molecule has 2 rings (SSSR count). The number of amides is 1. The van der Waals surface area contributed by atoms with Crippen LogP contribution >= 0.6 is 15.9 Å². The molecule has 1 N–H and O–H groups in total. The second-order valence-electron chi connectivity index (χ2n) is 5.91. The minimum atomic E-state index is -3.26. The van der Waals surface area contributed by atoms with E-state index in [-0.39, 0.29) is 23.0 Å². The highest BCUT2D eigenvalue weighted by molar-refractivity contribution is 9.10. The van der Waals surface area contributed by atoms with Gasteiger partial charge >= 0.3 is 0 Å². The predicted molar refractivity (Wildman–Crippen MR) is 113 cm³/mol. The molecule has 0 aliphatic heterocycles. The summed E-state index contributed by atoms with van der Waals surface area (Å²) in [4.78, 5) is 12.7. The van der Waals surface area contributed by atoms with Crippen LogP contribution in [0.3, 0.4) is 0 Å². The molecule has 0 fully saturated rings. The Morgan fingerprint density at radius 1 is 1.00 bits per heavy atom. The second kappa shape index (κ2) is 9.93. The van der Waals surface area contributed by atoms with Crippen molar-refractivity contribution >= 4 is 37.4 Å². The van der Waals surface area contributed by atoms with Crippen molar-refractivity contribution in [2.45, 2.75) is 32.1 Å². The van der Waals surface area contributed by atoms with Crippen LogP contribution in [0.25, 0.3) is 0 Å². The molecule has 0 aliphatic carbocycles. The van der Waals surface area contributed by atoms with Gasteiger partial charge in [0.05, 0.1) is 30.3 Å². The second-order valence-corrected chi connectivity index (χ2v) is 9.04. The van der Waals surface area contributed by atoms with Crippen LogP contribution < -0.4 is 14.8 Å². The number of nitrogens with one attached hydrogen (secondary N) is 1. The molecule has 0 saturated heterocycles. The zero-order valence-corrected chi connectivity index (χ0v) is 18.5. The quantitative estimate of drug-likeness (QED) is 0.594. The molecule has 0 atom stereocenters. The van der Waals surface area contributed by atoms with Crippen LogP contribution in [0.2, 0.25) is 0 Å². The van der Waals surface area contributed by atoms with Gasteiger partial charge in [0.15, 0.2) is 21.3 Å². The summed E-state index contributed by atoms with van der Waals surface area (Å²) in [6.07, 6.45) is 0.127. The number of anilines is 1. The molecular formula is C20H24BrNO5S. The Hall–Kier alpha value is -2.06. The van der Waals surface area contributed by atoms with E-state index in [1.54, 1.807) is 31.2 Å². The molecule has 0 radical (unpaired) electrons. The first kappa shape index (κ1) is 22.2. The molecule has 2 aromatic carbocycles. The number of hydrogen-bond donors (Lipinski definition) is 1. The number of sulfone groups is 1. The van der Waals surface area contributed by atoms with E-state index >= 15 is 0 Å². The maximum Gasteiger partial charge on any atom is 0.228 e. The highest BCUT2D eigenvalue weighted by Crippen LogP contribution is 2.34. The largest absolute Gasteiger partial charge is 0.490 e. The van der Waals surface area contributed by atoms with Gasteiger partial charge in [0, 0.05) is 10.2 Å². The monoisotopic (exact) mass is 469 g/mol. The fraction of sp³-hybridized carbons (Fsp3) is 0.350. The molecule has 152 valence electrons. The molecule has 0 unspecified atom stereocenters. The minimum Gasteiger partial charge on any atom is -0.490 e. The van der Waals surface area contributed by atoms with Gasteiger partial charge in [0.25, 0.3) is 0 Å². The van der Waals surface area contributed by atoms with Crippen molar-refractivity contribution in [1.82, 2.24) is 0 Å². The lowest BCUT2D eigenvalue weighted by molar-refractivity contribution is -0.115. The molecule has 0 heterocycles. The van der Waals surface area contributed by atoms with Crippen LogP contribution in [0.15, 0.2) is 45.8 Å². The lowest BCUT2D eigenvalue weighted by Crippen LogP contribution is -2.15. The molecule has 2 aromatic rings. The Kier molecular flexibility index (Phi) is 7.88. The SMILES string of the molecule is CCOc1cc(Br)c(CC(=O)Nc2ccc(S(=O)(=O)CC)cc2)cc1OCC. The van der Waals surface area contributed by atoms with Crippen LogP contribution in [0, 0.1) is 0 Å². The van der Waals surface area contributed by atoms with Crippen molar-refractivity contribution in [2.75, 3.05) is 24.3 Å². The van der Waals surface area contributed by atoms with Gasteiger partial charge < -0.3 is 14.8 Å². The van der Waals surface area contributed by atoms with Gasteiger partial charge in [0.2, 0.25) is 5.91 Å². The maximum absolute atomic E-state index is 12.4. The maximum atomic E-state index is 12.4. The zero-order valence-electron chi connectivity index (χ0n) is 16.1. The molecule has 0 aromatic heterocycles. The molecule has 0 spiro atoms. The summed E-state index contributed by atoms with van der Waals surface area (Å²) in [7, 11) is -3.26. The number of carbonyl (C=O) groups excluding carboxylic acids is 1. The van der Waals surface area contributed by atoms with Crippen molar-refractivity contribution in [3.63, 3.8) is 0 Å². The third kappa shape index (κ3) is 5.72. The van der Waals surface area contributed by atoms with Gasteiger partial charge in [-0.15, -0.1) is 0 Å². The molecule has 0 bridgehead atoms. The van der Waals surface area contributed by atoms with E-state index in [0.717, 1.165) is 10.0 Å². The van der Waals surface area contributed by atoms with E-state index in [1.165, 1.54) is 12.1 Å². The number of rotatable bonds is 9. The first-order valence-electron chi connectivity index (χ1n) is 9.01. The van der Waals surface area contributed by atoms with E-state index in [4.69, 9.17) is 9.47 Å². The standard InChI is InChI=1S/C20H24BrNO5S/c1-4-26-18-11-14(17(21)13-19(18)27-5-2)12-20(23)22-15-7-9-16(10-8-15)28(24,25)6-3/h7-11,13H,4-6,12H2,1-3H3,(H,22,23). The fourth-order valence-electron chi connectivity index (χ4n) is 2.54. The normalized spacial score (nSPS) is 11.1. The number of ether oxygens (including phenoxy) is 2. The van der Waals surface area contributed by atoms with Crippen molar-refractivity contribution < 1.29 is 22.7 Å². The summed E-state index contributed by atoms with van der Waals surface area (Å²) in [5, 5.41) is 2.78. The highest BCUT2D eigenvalue weighted by Gasteiger charge is 2.15. The Morgan fingerprint density at radius 2 is 1.57 bits per heavy atom. The van der Waals surface area contributed by atoms with Crippen molar-refractivity contribution in [2.24, 2.45) is 0 Å². The molecule has 28 heavy (non-hydrogen) atoms. The summed E-state index contributed by atoms with van der Waals surface area (Å²) < 4.78 is 35.6. The number of benzene rings is 2. The van der Waals surface area contributed by atoms with Crippen LogP contribution in [0.5, 0.6) is 11.5 Å². The molecule has 8 heteroatoms. The van der Waals surface area contributed by atoms with E-state index < -0.39 is 9.84 Å². The Bertz CT molecular complexity index is 926. The first-order chi connectivity index (χ1) is 13.3. The Labute approximate surface area is 174 Å². The van der Waals surface area contributed by atoms with Gasteiger partial charge in [0.1, 0.15) is 0 Å². The van der Waals surface area contributed by atoms with Gasteiger partial charge in [-0.2, -0.15) is 0 Å². The van der Waals surface area contributed by atoms with Crippen LogP contribution in [-0.2, 0) is 21.1 Å². The molecule has 0 saturated carbocycles. The average molecular weight is 470 g/mol. The molecule has 0 aliphatic rings. The highest BCUT2D eigenvalue weighted by atomic mass is 79.9. The van der Waals surface area contributed by atoms with Crippen molar-refractivity contribution in [3.05, 3.63) is 46.4 Å². The third-order valence-corrected chi connectivity index (χ3v) is 6.43. The minimum absolute atomic E-state index is 0.0344. The third-order valence-electron chi connectivity index (χ3n) is 3.94. The van der Waals surface area contributed by atoms with Crippen LogP contribution in [0.1, 0.15) is 26.3 Å². The lowest BCUT2D eigenvalue weighted by atomic mass is 10.1. The van der Waals surface area contributed by atoms with Gasteiger partial charge in [-0.1, -0.05) is 22.9 Å². The lowest BCUT2D eigenvalue weighted by Gasteiger charge is -2.14. The van der Waals surface area contributed by atoms with Crippen LogP contribution in [0.4, 0.5) is 5.69 Å². The van der Waals surface area contributed by atoms with Gasteiger partial charge in [-0.3, -0.25) is 4.79 Å². The number of carbonyl (C=O) groups is 1. The smallest absolute Gasteiger partial charge is 0.228 e. The summed E-state index contributed by atoms with van der Waals surface area (Å²) in [6, 6.07) is 9.73. The van der Waals surface area contributed by atoms with E-state index in [1.807, 2.05) is 13.8 Å². The summed E-state index contributed by atoms with van der Waals surface area (Å²) in [5.41, 5.74) is 1.29. The van der Waals surface area contributed by atoms with Crippen molar-refractivity contribution in [3.8, 4) is 11.5 Å². The van der Waals surface area contributed by atoms with Gasteiger partial charge in [-0.25, -0.2) is 8.42 Å². The summed E-state index contributed by atoms with van der Waals surface area (Å²) in [6.45, 7) is 6.36. The Morgan fingerprint density at radius 3 is 2.11 bits per heavy atom. The predicted octanol–water partition coefficient (Wildman–Crippen LogP) is 4.22. The first-order valence-corrected chi connectivity index (χ1v) is 11.5. The Balaban J connectivity index is 2.13. The average Bonchev–Trinajstić information content (AvgIpc) is 2.66. The summed E-state index contributed by atoms with van der Waals surface area (Å²) in [5.74, 6) is 1.02. The number of hydrogen-bond acceptors (Lipinski definition) is 5. The van der Waals surface area contributed by atoms with Crippen LogP contribution in [-0.4, -0.2) is 33.3 Å². The molecular weight excluding hydrogens is 446 g/mol. The molecule has 1 amide bonds. The molecule has 6 nitrogen and oxygen atoms in total. The fourth-order valence-corrected chi connectivity index (χ4v) is 3.89. The van der Waals surface area contributed by atoms with E-state index in [2.05, 4.69) is 21.2 Å². The zero-order chi connectivity index (χ0) is 20.7. The van der Waals surface area contributed by atoms with Crippen molar-refractivity contribution in [1.29, 1.82) is 0 Å². The van der Waals surface area contributed by atoms with E-state index in [0.29, 0.717) is 30.4 Å².